The predicted molar refractivity (Wildman–Crippen MR) is 72.0 cm³/mol. The Balaban J connectivity index is 1.83. The monoisotopic (exact) mass is 301 g/mol. The second kappa shape index (κ2) is 6.83. The molecule has 0 spiro atoms. The molecule has 1 aliphatic carbocycles. The Bertz CT molecular complexity index is 482. The third kappa shape index (κ3) is 4.95. The molecule has 1 saturated carbocycles. The van der Waals surface area contributed by atoms with Crippen molar-refractivity contribution in [2.24, 2.45) is 0 Å². The van der Waals surface area contributed by atoms with E-state index < -0.39 is 11.7 Å². The van der Waals surface area contributed by atoms with E-state index in [1.807, 2.05) is 0 Å². The molecule has 1 aromatic rings. The number of nitrogens with one attached hydrogen (secondary N) is 1. The number of benzene rings is 1. The zero-order valence-corrected chi connectivity index (χ0v) is 11.6. The number of hydrogen-bond donors (Lipinski definition) is 1. The van der Waals surface area contributed by atoms with Crippen LogP contribution in [0.4, 0.5) is 13.2 Å². The maximum absolute atomic E-state index is 12.5. The SMILES string of the molecule is O=C(COc1cccc(C(F)(F)F)c1)NC1CCCCC1. The lowest BCUT2D eigenvalue weighted by molar-refractivity contribution is -0.137. The van der Waals surface area contributed by atoms with E-state index in [1.165, 1.54) is 18.6 Å². The van der Waals surface area contributed by atoms with Gasteiger partial charge in [-0.3, -0.25) is 4.79 Å². The summed E-state index contributed by atoms with van der Waals surface area (Å²) in [4.78, 5) is 11.7. The van der Waals surface area contributed by atoms with E-state index in [0.717, 1.165) is 37.8 Å². The van der Waals surface area contributed by atoms with Crippen molar-refractivity contribution in [1.29, 1.82) is 0 Å². The number of alkyl halides is 3. The minimum Gasteiger partial charge on any atom is -0.484 e. The summed E-state index contributed by atoms with van der Waals surface area (Å²) in [5.41, 5.74) is -0.785. The molecule has 0 radical (unpaired) electrons. The van der Waals surface area contributed by atoms with Crippen LogP contribution >= 0.6 is 0 Å². The molecule has 2 rings (SSSR count). The van der Waals surface area contributed by atoms with Crippen molar-refractivity contribution < 1.29 is 22.7 Å². The summed E-state index contributed by atoms with van der Waals surface area (Å²) in [6, 6.07) is 4.69. The molecule has 1 amide bonds. The third-order valence-electron chi connectivity index (χ3n) is 3.50. The lowest BCUT2D eigenvalue weighted by Crippen LogP contribution is -2.38. The van der Waals surface area contributed by atoms with Crippen LogP contribution in [0.5, 0.6) is 5.75 Å². The second-order valence-corrected chi connectivity index (χ2v) is 5.22. The van der Waals surface area contributed by atoms with Crippen LogP contribution in [0, 0.1) is 0 Å². The first-order valence-corrected chi connectivity index (χ1v) is 7.04. The van der Waals surface area contributed by atoms with Crippen molar-refractivity contribution in [3.05, 3.63) is 29.8 Å². The number of amides is 1. The molecule has 0 atom stereocenters. The highest BCUT2D eigenvalue weighted by molar-refractivity contribution is 5.77. The molecule has 1 N–H and O–H groups in total. The Morgan fingerprint density at radius 3 is 2.62 bits per heavy atom. The minimum atomic E-state index is -4.41. The highest BCUT2D eigenvalue weighted by Crippen LogP contribution is 2.31. The van der Waals surface area contributed by atoms with Gasteiger partial charge in [-0.2, -0.15) is 13.2 Å². The van der Waals surface area contributed by atoms with Gasteiger partial charge in [-0.25, -0.2) is 0 Å². The molecule has 0 saturated heterocycles. The first kappa shape index (κ1) is 15.7. The van der Waals surface area contributed by atoms with Gasteiger partial charge in [0.15, 0.2) is 6.61 Å². The van der Waals surface area contributed by atoms with Crippen molar-refractivity contribution in [2.75, 3.05) is 6.61 Å². The Morgan fingerprint density at radius 2 is 1.95 bits per heavy atom. The van der Waals surface area contributed by atoms with Crippen LogP contribution < -0.4 is 10.1 Å². The van der Waals surface area contributed by atoms with Crippen molar-refractivity contribution in [2.45, 2.75) is 44.3 Å². The van der Waals surface area contributed by atoms with Crippen LogP contribution in [-0.4, -0.2) is 18.6 Å². The summed E-state index contributed by atoms with van der Waals surface area (Å²) in [7, 11) is 0. The predicted octanol–water partition coefficient (Wildman–Crippen LogP) is 3.53. The normalized spacial score (nSPS) is 16.5. The lowest BCUT2D eigenvalue weighted by atomic mass is 9.95. The van der Waals surface area contributed by atoms with Gasteiger partial charge in [0.25, 0.3) is 5.91 Å². The fourth-order valence-electron chi connectivity index (χ4n) is 2.43. The van der Waals surface area contributed by atoms with Crippen LogP contribution in [0.3, 0.4) is 0 Å². The molecule has 0 aromatic heterocycles. The summed E-state index contributed by atoms with van der Waals surface area (Å²) < 4.78 is 42.8. The van der Waals surface area contributed by atoms with Crippen molar-refractivity contribution in [1.82, 2.24) is 5.32 Å². The van der Waals surface area contributed by atoms with E-state index in [9.17, 15) is 18.0 Å². The number of ether oxygens (including phenoxy) is 1. The molecule has 1 fully saturated rings. The van der Waals surface area contributed by atoms with Crippen molar-refractivity contribution in [3.8, 4) is 5.75 Å². The zero-order valence-electron chi connectivity index (χ0n) is 11.6. The zero-order chi connectivity index (χ0) is 15.3. The first-order chi connectivity index (χ1) is 9.95. The molecule has 1 aromatic carbocycles. The van der Waals surface area contributed by atoms with Gasteiger partial charge in [-0.1, -0.05) is 25.3 Å². The Kier molecular flexibility index (Phi) is 5.09. The molecule has 3 nitrogen and oxygen atoms in total. The standard InChI is InChI=1S/C15H18F3NO2/c16-15(17,18)11-5-4-8-13(9-11)21-10-14(20)19-12-6-2-1-3-7-12/h4-5,8-9,12H,1-3,6-7,10H2,(H,19,20). The van der Waals surface area contributed by atoms with Gasteiger partial charge in [0.2, 0.25) is 0 Å². The van der Waals surface area contributed by atoms with E-state index in [4.69, 9.17) is 4.74 Å². The maximum atomic E-state index is 12.5. The average Bonchev–Trinajstić information content (AvgIpc) is 2.46. The van der Waals surface area contributed by atoms with Crippen LogP contribution in [0.15, 0.2) is 24.3 Å². The summed E-state index contributed by atoms with van der Waals surface area (Å²) in [5, 5.41) is 2.85. The van der Waals surface area contributed by atoms with Gasteiger partial charge in [0, 0.05) is 6.04 Å². The molecule has 0 bridgehead atoms. The Labute approximate surface area is 121 Å². The molecule has 0 aliphatic heterocycles. The number of rotatable bonds is 4. The molecule has 116 valence electrons. The molecule has 0 unspecified atom stereocenters. The van der Waals surface area contributed by atoms with Gasteiger partial charge in [0.05, 0.1) is 5.56 Å². The minimum absolute atomic E-state index is 0.0450. The van der Waals surface area contributed by atoms with Gasteiger partial charge in [-0.15, -0.1) is 0 Å². The van der Waals surface area contributed by atoms with Gasteiger partial charge in [-0.05, 0) is 31.0 Å². The number of carbonyl (C=O) groups excluding carboxylic acids is 1. The highest BCUT2D eigenvalue weighted by atomic mass is 19.4. The van der Waals surface area contributed by atoms with E-state index >= 15 is 0 Å². The quantitative estimate of drug-likeness (QED) is 0.924. The smallest absolute Gasteiger partial charge is 0.416 e. The van der Waals surface area contributed by atoms with E-state index in [-0.39, 0.29) is 24.3 Å². The van der Waals surface area contributed by atoms with Gasteiger partial charge in [0.1, 0.15) is 5.75 Å². The topological polar surface area (TPSA) is 38.3 Å². The molecule has 1 aliphatic rings. The number of carbonyl (C=O) groups is 1. The molecule has 0 heterocycles. The largest absolute Gasteiger partial charge is 0.484 e. The first-order valence-electron chi connectivity index (χ1n) is 7.04. The molecule has 21 heavy (non-hydrogen) atoms. The maximum Gasteiger partial charge on any atom is 0.416 e. The average molecular weight is 301 g/mol. The summed E-state index contributed by atoms with van der Waals surface area (Å²) >= 11 is 0. The van der Waals surface area contributed by atoms with Crippen LogP contribution in [0.25, 0.3) is 0 Å². The molecule has 6 heteroatoms. The van der Waals surface area contributed by atoms with Crippen molar-refractivity contribution in [3.63, 3.8) is 0 Å². The summed E-state index contributed by atoms with van der Waals surface area (Å²) in [5.74, 6) is -0.247. The third-order valence-corrected chi connectivity index (χ3v) is 3.50. The van der Waals surface area contributed by atoms with Gasteiger partial charge >= 0.3 is 6.18 Å². The molecular weight excluding hydrogens is 283 g/mol. The van der Waals surface area contributed by atoms with E-state index in [0.29, 0.717) is 0 Å². The second-order valence-electron chi connectivity index (χ2n) is 5.22. The Hall–Kier alpha value is -1.72. The van der Waals surface area contributed by atoms with E-state index in [1.54, 1.807) is 0 Å². The summed E-state index contributed by atoms with van der Waals surface area (Å²) in [6.07, 6.45) is 0.875. The van der Waals surface area contributed by atoms with Crippen LogP contribution in [-0.2, 0) is 11.0 Å². The number of halogens is 3. The fraction of sp³-hybridized carbons (Fsp3) is 0.533. The van der Waals surface area contributed by atoms with E-state index in [2.05, 4.69) is 5.32 Å². The van der Waals surface area contributed by atoms with Crippen LogP contribution in [0.1, 0.15) is 37.7 Å². The number of hydrogen-bond acceptors (Lipinski definition) is 2. The summed E-state index contributed by atoms with van der Waals surface area (Å²) in [6.45, 7) is -0.266. The lowest BCUT2D eigenvalue weighted by Gasteiger charge is -2.22. The fourth-order valence-corrected chi connectivity index (χ4v) is 2.43. The molecular formula is C15H18F3NO2. The van der Waals surface area contributed by atoms with Gasteiger partial charge < -0.3 is 10.1 Å². The Morgan fingerprint density at radius 1 is 1.24 bits per heavy atom. The van der Waals surface area contributed by atoms with Crippen molar-refractivity contribution >= 4 is 5.91 Å². The van der Waals surface area contributed by atoms with Crippen LogP contribution in [0.2, 0.25) is 0 Å². The highest BCUT2D eigenvalue weighted by Gasteiger charge is 2.30.